The molecule has 3 aromatic rings. The molecule has 0 radical (unpaired) electrons. The Labute approximate surface area is 152 Å². The third-order valence-electron chi connectivity index (χ3n) is 3.10. The van der Waals surface area contributed by atoms with Crippen molar-refractivity contribution in [1.29, 1.82) is 0 Å². The zero-order chi connectivity index (χ0) is 17.5. The molecular formula is C17H16FN3O2S2. The van der Waals surface area contributed by atoms with E-state index < -0.39 is 11.9 Å². The van der Waals surface area contributed by atoms with Crippen LogP contribution in [-0.2, 0) is 0 Å². The van der Waals surface area contributed by atoms with Gasteiger partial charge >= 0.3 is 0 Å². The lowest BCUT2D eigenvalue weighted by molar-refractivity contribution is 0.123. The van der Waals surface area contributed by atoms with Gasteiger partial charge in [0.05, 0.1) is 6.10 Å². The zero-order valence-electron chi connectivity index (χ0n) is 13.1. The summed E-state index contributed by atoms with van der Waals surface area (Å²) in [6.45, 7) is 0.0157. The highest BCUT2D eigenvalue weighted by Crippen LogP contribution is 2.28. The highest BCUT2D eigenvalue weighted by atomic mass is 32.2. The van der Waals surface area contributed by atoms with Gasteiger partial charge in [-0.25, -0.2) is 4.39 Å². The lowest BCUT2D eigenvalue weighted by atomic mass is 10.3. The summed E-state index contributed by atoms with van der Waals surface area (Å²) in [6, 6.07) is 15.8. The summed E-state index contributed by atoms with van der Waals surface area (Å²) in [6.07, 6.45) is -0.737. The number of aliphatic hydroxyl groups is 1. The van der Waals surface area contributed by atoms with Crippen molar-refractivity contribution in [1.82, 2.24) is 10.2 Å². The van der Waals surface area contributed by atoms with Crippen molar-refractivity contribution in [2.45, 2.75) is 10.4 Å². The van der Waals surface area contributed by atoms with E-state index in [1.807, 2.05) is 30.3 Å². The Bertz CT molecular complexity index is 801. The maximum absolute atomic E-state index is 13.4. The first kappa shape index (κ1) is 17.7. The van der Waals surface area contributed by atoms with Crippen molar-refractivity contribution in [2.75, 3.05) is 17.7 Å². The van der Waals surface area contributed by atoms with E-state index in [1.165, 1.54) is 35.2 Å². The number of anilines is 2. The van der Waals surface area contributed by atoms with Crippen molar-refractivity contribution >= 4 is 33.9 Å². The minimum Gasteiger partial charge on any atom is -0.488 e. The Morgan fingerprint density at radius 2 is 1.88 bits per heavy atom. The Kier molecular flexibility index (Phi) is 6.21. The van der Waals surface area contributed by atoms with E-state index in [4.69, 9.17) is 4.74 Å². The van der Waals surface area contributed by atoms with Gasteiger partial charge in [-0.2, -0.15) is 0 Å². The van der Waals surface area contributed by atoms with Gasteiger partial charge in [-0.05, 0) is 24.3 Å². The van der Waals surface area contributed by atoms with Crippen LogP contribution in [0.3, 0.4) is 0 Å². The fourth-order valence-electron chi connectivity index (χ4n) is 1.93. The van der Waals surface area contributed by atoms with Crippen molar-refractivity contribution in [3.05, 3.63) is 60.4 Å². The summed E-state index contributed by atoms with van der Waals surface area (Å²) in [5, 5.41) is 22.0. The largest absolute Gasteiger partial charge is 0.488 e. The second-order valence-corrected chi connectivity index (χ2v) is 7.32. The van der Waals surface area contributed by atoms with Gasteiger partial charge in [0.25, 0.3) is 0 Å². The predicted octanol–water partition coefficient (Wildman–Crippen LogP) is 3.95. The average Bonchev–Trinajstić information content (AvgIpc) is 3.07. The lowest BCUT2D eigenvalue weighted by Gasteiger charge is -2.11. The molecule has 1 atom stereocenters. The first-order valence-corrected chi connectivity index (χ1v) is 9.34. The Morgan fingerprint density at radius 1 is 1.12 bits per heavy atom. The molecule has 0 aliphatic heterocycles. The Balaban J connectivity index is 1.45. The van der Waals surface area contributed by atoms with Gasteiger partial charge in [0, 0.05) is 11.4 Å². The summed E-state index contributed by atoms with van der Waals surface area (Å²) < 4.78 is 19.5. The molecule has 130 valence electrons. The molecule has 0 aliphatic carbocycles. The monoisotopic (exact) mass is 377 g/mol. The van der Waals surface area contributed by atoms with Crippen LogP contribution in [0.25, 0.3) is 0 Å². The van der Waals surface area contributed by atoms with E-state index >= 15 is 0 Å². The van der Waals surface area contributed by atoms with Crippen molar-refractivity contribution in [3.8, 4) is 5.75 Å². The van der Waals surface area contributed by atoms with E-state index in [1.54, 1.807) is 12.1 Å². The first-order chi connectivity index (χ1) is 12.2. The van der Waals surface area contributed by atoms with Gasteiger partial charge < -0.3 is 15.2 Å². The molecule has 1 aromatic heterocycles. The van der Waals surface area contributed by atoms with Crippen LogP contribution in [0.2, 0.25) is 0 Å². The molecule has 0 spiro atoms. The molecule has 5 nitrogen and oxygen atoms in total. The maximum atomic E-state index is 13.4. The summed E-state index contributed by atoms with van der Waals surface area (Å²) in [4.78, 5) is 0. The second kappa shape index (κ2) is 8.80. The number of ether oxygens (including phenoxy) is 1. The van der Waals surface area contributed by atoms with Crippen LogP contribution < -0.4 is 10.1 Å². The average molecular weight is 377 g/mol. The Hall–Kier alpha value is -2.16. The van der Waals surface area contributed by atoms with E-state index in [0.717, 1.165) is 10.0 Å². The van der Waals surface area contributed by atoms with Crippen LogP contribution in [0.4, 0.5) is 15.2 Å². The number of hydrogen-bond donors (Lipinski definition) is 2. The van der Waals surface area contributed by atoms with Gasteiger partial charge in [0.1, 0.15) is 6.61 Å². The normalized spacial score (nSPS) is 11.9. The van der Waals surface area contributed by atoms with Gasteiger partial charge in [-0.15, -0.1) is 10.2 Å². The van der Waals surface area contributed by atoms with Gasteiger partial charge in [0.15, 0.2) is 15.9 Å². The molecule has 0 aliphatic rings. The number of rotatable bonds is 8. The lowest BCUT2D eigenvalue weighted by Crippen LogP contribution is -2.20. The number of aromatic nitrogens is 2. The van der Waals surface area contributed by atoms with Crippen molar-refractivity contribution < 1.29 is 14.2 Å². The zero-order valence-corrected chi connectivity index (χ0v) is 14.8. The third-order valence-corrected chi connectivity index (χ3v) is 5.22. The molecule has 0 unspecified atom stereocenters. The fraction of sp³-hybridized carbons (Fsp3) is 0.176. The molecule has 0 fully saturated rings. The van der Waals surface area contributed by atoms with Gasteiger partial charge in [-0.1, -0.05) is 53.4 Å². The summed E-state index contributed by atoms with van der Waals surface area (Å²) in [5.41, 5.74) is 0.938. The minimum absolute atomic E-state index is 0.0157. The fourth-order valence-corrected chi connectivity index (χ4v) is 3.63. The summed E-state index contributed by atoms with van der Waals surface area (Å²) in [5.74, 6) is 0.0777. The van der Waals surface area contributed by atoms with Gasteiger partial charge in [-0.3, -0.25) is 0 Å². The topological polar surface area (TPSA) is 67.3 Å². The smallest absolute Gasteiger partial charge is 0.210 e. The number of nitrogens with zero attached hydrogens (tertiary/aromatic N) is 2. The molecule has 8 heteroatoms. The van der Waals surface area contributed by atoms with Crippen LogP contribution in [0.5, 0.6) is 5.75 Å². The van der Waals surface area contributed by atoms with E-state index in [0.29, 0.717) is 10.9 Å². The standard InChI is InChI=1S/C17H16FN3O2S2/c18-14-8-4-5-9-15(14)23-10-13(22)11-24-17-21-20-16(25-17)19-12-6-2-1-3-7-12/h1-9,13,22H,10-11H2,(H,19,20)/t13-/m1/s1. The third kappa shape index (κ3) is 5.42. The molecule has 25 heavy (non-hydrogen) atoms. The molecule has 0 saturated heterocycles. The minimum atomic E-state index is -0.737. The highest BCUT2D eigenvalue weighted by Gasteiger charge is 2.11. The molecule has 0 saturated carbocycles. The molecular weight excluding hydrogens is 361 g/mol. The van der Waals surface area contributed by atoms with Crippen LogP contribution >= 0.6 is 23.1 Å². The van der Waals surface area contributed by atoms with E-state index in [-0.39, 0.29) is 12.4 Å². The molecule has 2 N–H and O–H groups in total. The number of para-hydroxylation sites is 2. The number of halogens is 1. The van der Waals surface area contributed by atoms with Crippen LogP contribution in [-0.4, -0.2) is 33.8 Å². The number of aliphatic hydroxyl groups excluding tert-OH is 1. The van der Waals surface area contributed by atoms with Crippen LogP contribution in [0, 0.1) is 5.82 Å². The van der Waals surface area contributed by atoms with Crippen molar-refractivity contribution in [2.24, 2.45) is 0 Å². The number of nitrogens with one attached hydrogen (secondary N) is 1. The van der Waals surface area contributed by atoms with E-state index in [9.17, 15) is 9.50 Å². The quantitative estimate of drug-likeness (QED) is 0.580. The molecule has 2 aromatic carbocycles. The highest BCUT2D eigenvalue weighted by molar-refractivity contribution is 8.01. The van der Waals surface area contributed by atoms with Crippen LogP contribution in [0.1, 0.15) is 0 Å². The number of thioether (sulfide) groups is 1. The Morgan fingerprint density at radius 3 is 2.68 bits per heavy atom. The van der Waals surface area contributed by atoms with Crippen molar-refractivity contribution in [3.63, 3.8) is 0 Å². The SMILES string of the molecule is O[C@H](COc1ccccc1F)CSc1nnc(Nc2ccccc2)s1. The molecule has 1 heterocycles. The summed E-state index contributed by atoms with van der Waals surface area (Å²) >= 11 is 2.78. The summed E-state index contributed by atoms with van der Waals surface area (Å²) in [7, 11) is 0. The molecule has 3 rings (SSSR count). The van der Waals surface area contributed by atoms with Crippen LogP contribution in [0.15, 0.2) is 58.9 Å². The maximum Gasteiger partial charge on any atom is 0.210 e. The van der Waals surface area contributed by atoms with Gasteiger partial charge in [0.2, 0.25) is 5.13 Å². The predicted molar refractivity (Wildman–Crippen MR) is 98.3 cm³/mol. The molecule has 0 bridgehead atoms. The second-order valence-electron chi connectivity index (χ2n) is 5.07. The van der Waals surface area contributed by atoms with E-state index in [2.05, 4.69) is 15.5 Å². The number of hydrogen-bond acceptors (Lipinski definition) is 7. The molecule has 0 amide bonds. The number of benzene rings is 2. The first-order valence-electron chi connectivity index (χ1n) is 7.54.